The average molecular weight is 325 g/mol. The highest BCUT2D eigenvalue weighted by molar-refractivity contribution is 7.99. The van der Waals surface area contributed by atoms with Gasteiger partial charge in [0.1, 0.15) is 5.75 Å². The molecule has 0 aliphatic heterocycles. The Hall–Kier alpha value is -2.62. The number of H-pyrrole nitrogens is 1. The van der Waals surface area contributed by atoms with Crippen molar-refractivity contribution in [3.05, 3.63) is 23.1 Å². The molecule has 0 aliphatic rings. The summed E-state index contributed by atoms with van der Waals surface area (Å²) in [5.41, 5.74) is 0.855. The molecule has 1 heterocycles. The molecule has 0 atom stereocenters. The molecule has 0 amide bonds. The number of aromatic nitrogens is 3. The lowest BCUT2D eigenvalue weighted by molar-refractivity contribution is -0.736. The maximum atomic E-state index is 11.4. The molecule has 10 heteroatoms. The summed E-state index contributed by atoms with van der Waals surface area (Å²) < 4.78 is 5.23. The summed E-state index contributed by atoms with van der Waals surface area (Å²) >= 11 is 0.997. The number of thioether (sulfide) groups is 1. The third-order valence-corrected chi connectivity index (χ3v) is 3.44. The van der Waals surface area contributed by atoms with Crippen molar-refractivity contribution in [2.75, 3.05) is 20.0 Å². The third kappa shape index (κ3) is 3.52. The first-order chi connectivity index (χ1) is 10.5. The van der Waals surface area contributed by atoms with E-state index in [1.165, 1.54) is 20.3 Å². The normalized spacial score (nSPS) is 10.3. The van der Waals surface area contributed by atoms with Gasteiger partial charge in [-0.05, 0) is 6.07 Å². The molecule has 2 aromatic rings. The molecule has 0 fully saturated rings. The van der Waals surface area contributed by atoms with Gasteiger partial charge in [0.05, 0.1) is 29.4 Å². The van der Waals surface area contributed by atoms with Crippen molar-refractivity contribution in [3.8, 4) is 17.1 Å². The fourth-order valence-electron chi connectivity index (χ4n) is 1.65. The van der Waals surface area contributed by atoms with E-state index in [1.54, 1.807) is 12.1 Å². The number of nitrogens with zero attached hydrogens (tertiary/aromatic N) is 3. The Kier molecular flexibility index (Phi) is 4.94. The number of aliphatic carboxylic acids is 1. The lowest BCUT2D eigenvalue weighted by Crippen LogP contribution is -1.99. The fourth-order valence-corrected chi connectivity index (χ4v) is 2.17. The van der Waals surface area contributed by atoms with Crippen LogP contribution in [0.3, 0.4) is 0 Å². The van der Waals surface area contributed by atoms with E-state index in [0.717, 1.165) is 11.8 Å². The fraction of sp³-hybridized carbons (Fsp3) is 0.250. The molecule has 0 saturated carbocycles. The van der Waals surface area contributed by atoms with Crippen molar-refractivity contribution < 1.29 is 24.4 Å². The Morgan fingerprint density at radius 3 is 2.86 bits per heavy atom. The molecule has 0 saturated heterocycles. The Bertz CT molecular complexity index is 703. The van der Waals surface area contributed by atoms with Crippen LogP contribution in [0.25, 0.3) is 11.4 Å². The van der Waals surface area contributed by atoms with E-state index in [1.807, 2.05) is 0 Å². The standard InChI is InChI=1S/C12H12N4O5S/c1-20-9-5-7(16(19)21-2)3-4-8(9)11-13-12(15-14-11)22-6-10(17)18/h3-5H,6H2,1-2H3,(H-,13,14,15,17,18,19)/p+1. The average Bonchev–Trinajstić information content (AvgIpc) is 3.00. The number of hydrogen-bond donors (Lipinski definition) is 2. The number of rotatable bonds is 7. The first-order valence-corrected chi connectivity index (χ1v) is 7.00. The summed E-state index contributed by atoms with van der Waals surface area (Å²) in [6.07, 6.45) is 0. The molecule has 9 nitrogen and oxygen atoms in total. The van der Waals surface area contributed by atoms with Crippen LogP contribution in [0.1, 0.15) is 0 Å². The Morgan fingerprint density at radius 2 is 2.23 bits per heavy atom. The van der Waals surface area contributed by atoms with Crippen LogP contribution in [0.5, 0.6) is 5.75 Å². The predicted molar refractivity (Wildman–Crippen MR) is 77.0 cm³/mol. The van der Waals surface area contributed by atoms with Gasteiger partial charge in [-0.3, -0.25) is 9.89 Å². The van der Waals surface area contributed by atoms with Crippen LogP contribution < -0.4 is 4.74 Å². The maximum Gasteiger partial charge on any atom is 0.320 e. The molecule has 22 heavy (non-hydrogen) atoms. The summed E-state index contributed by atoms with van der Waals surface area (Å²) in [5.74, 6) is -0.271. The van der Waals surface area contributed by atoms with Crippen LogP contribution in [0, 0.1) is 4.91 Å². The number of carbonyl (C=O) groups is 1. The van der Waals surface area contributed by atoms with Crippen LogP contribution in [-0.2, 0) is 9.63 Å². The zero-order valence-electron chi connectivity index (χ0n) is 11.8. The number of hydrogen-bond acceptors (Lipinski definition) is 7. The van der Waals surface area contributed by atoms with Gasteiger partial charge in [0.25, 0.3) is 4.92 Å². The van der Waals surface area contributed by atoms with Crippen LogP contribution in [0.15, 0.2) is 23.4 Å². The molecular formula is C12H13N4O5S+. The maximum absolute atomic E-state index is 11.4. The number of aromatic amines is 1. The summed E-state index contributed by atoms with van der Waals surface area (Å²) in [5, 5.41) is 15.6. The SMILES string of the molecule is COc1cc([N+](=O)OC)ccc1-c1nc(SCC(=O)O)n[nH]1. The van der Waals surface area contributed by atoms with Gasteiger partial charge >= 0.3 is 11.7 Å². The van der Waals surface area contributed by atoms with Crippen molar-refractivity contribution in [1.29, 1.82) is 0 Å². The lowest BCUT2D eigenvalue weighted by Gasteiger charge is -2.04. The summed E-state index contributed by atoms with van der Waals surface area (Å²) in [7, 11) is 2.72. The molecule has 1 aromatic carbocycles. The van der Waals surface area contributed by atoms with Crippen LogP contribution >= 0.6 is 11.8 Å². The van der Waals surface area contributed by atoms with Crippen molar-refractivity contribution in [3.63, 3.8) is 0 Å². The van der Waals surface area contributed by atoms with E-state index < -0.39 is 5.97 Å². The molecule has 0 radical (unpaired) electrons. The van der Waals surface area contributed by atoms with Crippen LogP contribution in [0.2, 0.25) is 0 Å². The Morgan fingerprint density at radius 1 is 1.45 bits per heavy atom. The highest BCUT2D eigenvalue weighted by atomic mass is 32.2. The van der Waals surface area contributed by atoms with Crippen molar-refractivity contribution in [2.24, 2.45) is 0 Å². The second-order valence-electron chi connectivity index (χ2n) is 3.97. The topological polar surface area (TPSA) is 117 Å². The van der Waals surface area contributed by atoms with Gasteiger partial charge in [0.2, 0.25) is 5.16 Å². The second-order valence-corrected chi connectivity index (χ2v) is 4.92. The van der Waals surface area contributed by atoms with E-state index in [2.05, 4.69) is 20.0 Å². The zero-order chi connectivity index (χ0) is 16.1. The zero-order valence-corrected chi connectivity index (χ0v) is 12.6. The summed E-state index contributed by atoms with van der Waals surface area (Å²) in [6, 6.07) is 4.67. The molecule has 2 rings (SSSR count). The minimum atomic E-state index is -0.951. The van der Waals surface area contributed by atoms with E-state index in [-0.39, 0.29) is 11.4 Å². The van der Waals surface area contributed by atoms with Crippen molar-refractivity contribution in [2.45, 2.75) is 5.16 Å². The van der Waals surface area contributed by atoms with Gasteiger partial charge in [-0.15, -0.1) is 5.10 Å². The highest BCUT2D eigenvalue weighted by Crippen LogP contribution is 2.32. The predicted octanol–water partition coefficient (Wildman–Crippen LogP) is 1.63. The first-order valence-electron chi connectivity index (χ1n) is 6.02. The number of carboxylic acid groups (broad SMARTS) is 1. The Balaban J connectivity index is 2.28. The molecule has 1 aromatic heterocycles. The molecule has 0 unspecified atom stereocenters. The summed E-state index contributed by atoms with van der Waals surface area (Å²) in [6.45, 7) is 0. The van der Waals surface area contributed by atoms with Gasteiger partial charge < -0.3 is 9.84 Å². The monoisotopic (exact) mass is 325 g/mol. The molecular weight excluding hydrogens is 312 g/mol. The molecule has 0 aliphatic carbocycles. The van der Waals surface area contributed by atoms with Gasteiger partial charge in [0, 0.05) is 6.07 Å². The minimum absolute atomic E-state index is 0.133. The number of methoxy groups -OCH3 is 1. The van der Waals surface area contributed by atoms with Crippen LogP contribution in [0.4, 0.5) is 5.69 Å². The van der Waals surface area contributed by atoms with E-state index in [4.69, 9.17) is 9.84 Å². The third-order valence-electron chi connectivity index (χ3n) is 2.61. The highest BCUT2D eigenvalue weighted by Gasteiger charge is 2.20. The van der Waals surface area contributed by atoms with Crippen LogP contribution in [-0.4, -0.2) is 51.2 Å². The summed E-state index contributed by atoms with van der Waals surface area (Å²) in [4.78, 5) is 31.1. The number of ether oxygens (including phenoxy) is 1. The van der Waals surface area contributed by atoms with Gasteiger partial charge in [-0.2, -0.15) is 0 Å². The molecule has 0 bridgehead atoms. The van der Waals surface area contributed by atoms with Crippen molar-refractivity contribution in [1.82, 2.24) is 15.2 Å². The van der Waals surface area contributed by atoms with E-state index in [9.17, 15) is 9.70 Å². The largest absolute Gasteiger partial charge is 0.496 e. The molecule has 116 valence electrons. The smallest absolute Gasteiger partial charge is 0.320 e. The molecule has 0 spiro atoms. The lowest BCUT2D eigenvalue weighted by atomic mass is 10.1. The second kappa shape index (κ2) is 6.89. The molecule has 2 N–H and O–H groups in total. The van der Waals surface area contributed by atoms with E-state index >= 15 is 0 Å². The van der Waals surface area contributed by atoms with E-state index in [0.29, 0.717) is 27.2 Å². The number of benzene rings is 1. The van der Waals surface area contributed by atoms with Gasteiger partial charge in [-0.25, -0.2) is 9.82 Å². The number of nitrogens with one attached hydrogen (secondary N) is 1. The minimum Gasteiger partial charge on any atom is -0.496 e. The van der Waals surface area contributed by atoms with Gasteiger partial charge in [-0.1, -0.05) is 11.8 Å². The Labute approximate surface area is 129 Å². The quantitative estimate of drug-likeness (QED) is 0.582. The first kappa shape index (κ1) is 15.8. The number of carboxylic acids is 1. The van der Waals surface area contributed by atoms with Crippen molar-refractivity contribution >= 4 is 23.4 Å². The van der Waals surface area contributed by atoms with Gasteiger partial charge in [0.15, 0.2) is 12.9 Å².